The van der Waals surface area contributed by atoms with E-state index in [1.54, 1.807) is 0 Å². The van der Waals surface area contributed by atoms with E-state index < -0.39 is 17.5 Å². The van der Waals surface area contributed by atoms with Crippen LogP contribution in [-0.4, -0.2) is 14.8 Å². The molecular weight excluding hydrogens is 290 g/mol. The monoisotopic (exact) mass is 300 g/mol. The van der Waals surface area contributed by atoms with Gasteiger partial charge in [0.05, 0.1) is 0 Å². The van der Waals surface area contributed by atoms with E-state index in [0.29, 0.717) is 0 Å². The second-order valence-corrected chi connectivity index (χ2v) is 4.91. The van der Waals surface area contributed by atoms with Gasteiger partial charge in [0.15, 0.2) is 5.16 Å². The van der Waals surface area contributed by atoms with Crippen LogP contribution in [0.3, 0.4) is 0 Å². The first-order chi connectivity index (χ1) is 9.38. The first-order valence-corrected chi connectivity index (χ1v) is 6.23. The number of nitrogen functional groups attached to an aromatic ring is 1. The highest BCUT2D eigenvalue weighted by atomic mass is 32.2. The van der Waals surface area contributed by atoms with Crippen molar-refractivity contribution in [1.82, 2.24) is 14.8 Å². The Morgan fingerprint density at radius 2 is 2.10 bits per heavy atom. The summed E-state index contributed by atoms with van der Waals surface area (Å²) in [5, 5.41) is 2.34. The molecule has 3 N–H and O–H groups in total. The van der Waals surface area contributed by atoms with Gasteiger partial charge in [-0.05, 0) is 30.0 Å². The second-order valence-electron chi connectivity index (χ2n) is 3.90. The molecule has 0 bridgehead atoms. The van der Waals surface area contributed by atoms with Gasteiger partial charge in [-0.15, -0.1) is 0 Å². The molecule has 1 aromatic carbocycles. The van der Waals surface area contributed by atoms with Crippen LogP contribution in [0.5, 0.6) is 0 Å². The first-order valence-electron chi connectivity index (χ1n) is 5.41. The third-order valence-electron chi connectivity index (χ3n) is 2.42. The first kappa shape index (κ1) is 14.3. The fourth-order valence-corrected chi connectivity index (χ4v) is 2.39. The molecule has 0 amide bonds. The molecule has 2 aromatic rings. The number of rotatable bonds is 3. The lowest BCUT2D eigenvalue weighted by atomic mass is 10.2. The van der Waals surface area contributed by atoms with Crippen molar-refractivity contribution < 1.29 is 8.78 Å². The third-order valence-corrected chi connectivity index (χ3v) is 3.56. The van der Waals surface area contributed by atoms with Crippen LogP contribution in [0.15, 0.2) is 37.8 Å². The largest absolute Gasteiger partial charge is 0.399 e. The van der Waals surface area contributed by atoms with Gasteiger partial charge in [-0.25, -0.2) is 8.78 Å². The molecule has 0 saturated carbocycles. The maximum atomic E-state index is 12.9. The van der Waals surface area contributed by atoms with E-state index in [2.05, 4.69) is 10.1 Å². The maximum absolute atomic E-state index is 12.9. The van der Waals surface area contributed by atoms with E-state index in [9.17, 15) is 18.4 Å². The fourth-order valence-electron chi connectivity index (χ4n) is 1.48. The Bertz CT molecular complexity index is 757. The summed E-state index contributed by atoms with van der Waals surface area (Å²) >= 11 is 0.847. The zero-order valence-electron chi connectivity index (χ0n) is 10.3. The van der Waals surface area contributed by atoms with Gasteiger partial charge in [-0.1, -0.05) is 0 Å². The minimum Gasteiger partial charge on any atom is -0.399 e. The molecule has 0 spiro atoms. The number of nitrogens with two attached hydrogens (primary N) is 1. The summed E-state index contributed by atoms with van der Waals surface area (Å²) in [5.74, 6) is 0. The van der Waals surface area contributed by atoms with E-state index >= 15 is 0 Å². The Morgan fingerprint density at radius 1 is 1.40 bits per heavy atom. The summed E-state index contributed by atoms with van der Waals surface area (Å²) in [6.07, 6.45) is -2.71. The summed E-state index contributed by atoms with van der Waals surface area (Å²) in [7, 11) is 1.45. The molecule has 20 heavy (non-hydrogen) atoms. The van der Waals surface area contributed by atoms with Crippen molar-refractivity contribution in [2.75, 3.05) is 5.73 Å². The Morgan fingerprint density at radius 3 is 2.75 bits per heavy atom. The third kappa shape index (κ3) is 2.87. The molecular formula is C11H10F2N4O2S. The molecule has 0 aliphatic carbocycles. The summed E-state index contributed by atoms with van der Waals surface area (Å²) < 4.78 is 27.1. The van der Waals surface area contributed by atoms with Gasteiger partial charge < -0.3 is 5.73 Å². The average Bonchev–Trinajstić information content (AvgIpc) is 2.37. The van der Waals surface area contributed by atoms with Crippen molar-refractivity contribution in [2.45, 2.75) is 16.5 Å². The molecule has 0 saturated heterocycles. The summed E-state index contributed by atoms with van der Waals surface area (Å²) in [4.78, 5) is 26.0. The number of H-pyrrole nitrogens is 1. The zero-order chi connectivity index (χ0) is 14.9. The van der Waals surface area contributed by atoms with Crippen molar-refractivity contribution in [3.05, 3.63) is 44.5 Å². The van der Waals surface area contributed by atoms with Crippen LogP contribution in [0.2, 0.25) is 0 Å². The minimum atomic E-state index is -2.71. The quantitative estimate of drug-likeness (QED) is 0.655. The molecule has 1 aromatic heterocycles. The number of benzene rings is 1. The van der Waals surface area contributed by atoms with Crippen LogP contribution < -0.4 is 16.9 Å². The Labute approximate surface area is 115 Å². The lowest BCUT2D eigenvalue weighted by Crippen LogP contribution is -2.33. The van der Waals surface area contributed by atoms with Crippen LogP contribution in [0.1, 0.15) is 12.0 Å². The highest BCUT2D eigenvalue weighted by molar-refractivity contribution is 7.99. The van der Waals surface area contributed by atoms with Gasteiger partial charge in [-0.2, -0.15) is 4.98 Å². The van der Waals surface area contributed by atoms with Crippen LogP contribution in [0.4, 0.5) is 14.5 Å². The van der Waals surface area contributed by atoms with Gasteiger partial charge in [0.1, 0.15) is 0 Å². The normalized spacial score (nSPS) is 11.0. The van der Waals surface area contributed by atoms with Gasteiger partial charge in [-0.3, -0.25) is 19.4 Å². The van der Waals surface area contributed by atoms with E-state index in [0.717, 1.165) is 17.8 Å². The van der Waals surface area contributed by atoms with Crippen LogP contribution in [-0.2, 0) is 7.05 Å². The predicted molar refractivity (Wildman–Crippen MR) is 70.0 cm³/mol. The summed E-state index contributed by atoms with van der Waals surface area (Å²) in [6, 6.07) is 4.05. The van der Waals surface area contributed by atoms with Gasteiger partial charge in [0.25, 0.3) is 6.43 Å². The lowest BCUT2D eigenvalue weighted by molar-refractivity contribution is 0.148. The molecule has 106 valence electrons. The summed E-state index contributed by atoms with van der Waals surface area (Å²) in [5.41, 5.74) is 3.59. The van der Waals surface area contributed by atoms with Gasteiger partial charge in [0.2, 0.25) is 0 Å². The van der Waals surface area contributed by atoms with Crippen molar-refractivity contribution in [1.29, 1.82) is 0 Å². The Kier molecular flexibility index (Phi) is 3.89. The smallest absolute Gasteiger partial charge is 0.339 e. The topological polar surface area (TPSA) is 93.8 Å². The SMILES string of the molecule is Cn1[nH]c(=O)c(=O)nc1Sc1ccc(N)cc1C(F)F. The number of hydrogen-bond donors (Lipinski definition) is 2. The number of anilines is 1. The molecule has 6 nitrogen and oxygen atoms in total. The van der Waals surface area contributed by atoms with Crippen LogP contribution in [0, 0.1) is 0 Å². The zero-order valence-corrected chi connectivity index (χ0v) is 11.1. The second kappa shape index (κ2) is 5.45. The number of halogens is 2. The highest BCUT2D eigenvalue weighted by Crippen LogP contribution is 2.34. The average molecular weight is 300 g/mol. The molecule has 0 atom stereocenters. The Balaban J connectivity index is 2.47. The van der Waals surface area contributed by atoms with Gasteiger partial charge in [0, 0.05) is 23.2 Å². The van der Waals surface area contributed by atoms with E-state index in [-0.39, 0.29) is 21.3 Å². The van der Waals surface area contributed by atoms with Crippen molar-refractivity contribution >= 4 is 17.4 Å². The highest BCUT2D eigenvalue weighted by Gasteiger charge is 2.16. The van der Waals surface area contributed by atoms with Crippen LogP contribution in [0.25, 0.3) is 0 Å². The molecule has 0 radical (unpaired) electrons. The standard InChI is InChI=1S/C11H10F2N4O2S/c1-17-11(15-9(18)10(19)16-17)20-7-3-2-5(14)4-6(7)8(12)13/h2-4,8H,14H2,1H3,(H,16,19). The molecule has 0 aliphatic rings. The van der Waals surface area contributed by atoms with E-state index in [1.807, 2.05) is 0 Å². The van der Waals surface area contributed by atoms with Crippen molar-refractivity contribution in [3.8, 4) is 0 Å². The molecule has 0 unspecified atom stereocenters. The molecule has 9 heteroatoms. The molecule has 1 heterocycles. The summed E-state index contributed by atoms with van der Waals surface area (Å²) in [6.45, 7) is 0. The number of hydrogen-bond acceptors (Lipinski definition) is 5. The van der Waals surface area contributed by atoms with Crippen LogP contribution >= 0.6 is 11.8 Å². The molecule has 0 fully saturated rings. The number of alkyl halides is 2. The maximum Gasteiger partial charge on any atom is 0.339 e. The van der Waals surface area contributed by atoms with E-state index in [4.69, 9.17) is 5.73 Å². The number of nitrogens with one attached hydrogen (secondary N) is 1. The predicted octanol–water partition coefficient (Wildman–Crippen LogP) is 1.14. The lowest BCUT2D eigenvalue weighted by Gasteiger charge is -2.10. The molecule has 0 aliphatic heterocycles. The van der Waals surface area contributed by atoms with E-state index in [1.165, 1.54) is 23.9 Å². The number of aromatic nitrogens is 3. The minimum absolute atomic E-state index is 0.0984. The molecule has 2 rings (SSSR count). The number of aromatic amines is 1. The van der Waals surface area contributed by atoms with Gasteiger partial charge >= 0.3 is 11.1 Å². The Hall–Kier alpha value is -2.16. The van der Waals surface area contributed by atoms with Crippen molar-refractivity contribution in [3.63, 3.8) is 0 Å². The van der Waals surface area contributed by atoms with Crippen molar-refractivity contribution in [2.24, 2.45) is 7.05 Å². The fraction of sp³-hybridized carbons (Fsp3) is 0.182. The number of nitrogens with zero attached hydrogens (tertiary/aromatic N) is 2. The number of aryl methyl sites for hydroxylation is 1.